The lowest BCUT2D eigenvalue weighted by molar-refractivity contribution is 0.236. The molecule has 2 rings (SSSR count). The van der Waals surface area contributed by atoms with Crippen LogP contribution in [0.25, 0.3) is 0 Å². The van der Waals surface area contributed by atoms with Gasteiger partial charge < -0.3 is 15.4 Å². The van der Waals surface area contributed by atoms with Crippen molar-refractivity contribution in [2.24, 2.45) is 0 Å². The van der Waals surface area contributed by atoms with E-state index in [0.717, 1.165) is 34.5 Å². The number of amides is 2. The Hall–Kier alpha value is -2.49. The topological polar surface area (TPSA) is 50.4 Å². The minimum atomic E-state index is -0.214. The van der Waals surface area contributed by atoms with Gasteiger partial charge in [0.15, 0.2) is 0 Å². The van der Waals surface area contributed by atoms with Gasteiger partial charge in [0.05, 0.1) is 6.04 Å². The molecule has 2 N–H and O–H groups in total. The SMILES string of the molecule is CCc1ccccc1NC(=O)NC(C)COc1c(C)cccc1C. The second-order valence-corrected chi connectivity index (χ2v) is 6.04. The van der Waals surface area contributed by atoms with Crippen molar-refractivity contribution in [2.45, 2.75) is 40.2 Å². The molecule has 0 bridgehead atoms. The number of benzene rings is 2. The Kier molecular flexibility index (Phi) is 6.24. The lowest BCUT2D eigenvalue weighted by atomic mass is 10.1. The zero-order valence-electron chi connectivity index (χ0n) is 14.8. The molecule has 0 aliphatic carbocycles. The third-order valence-corrected chi connectivity index (χ3v) is 3.91. The lowest BCUT2D eigenvalue weighted by Gasteiger charge is -2.18. The molecule has 0 heterocycles. The first-order valence-electron chi connectivity index (χ1n) is 8.35. The molecule has 1 atom stereocenters. The van der Waals surface area contributed by atoms with Crippen LogP contribution >= 0.6 is 0 Å². The van der Waals surface area contributed by atoms with E-state index in [-0.39, 0.29) is 12.1 Å². The van der Waals surface area contributed by atoms with Crippen LogP contribution in [-0.4, -0.2) is 18.7 Å². The van der Waals surface area contributed by atoms with Crippen molar-refractivity contribution >= 4 is 11.7 Å². The molecule has 2 aromatic rings. The monoisotopic (exact) mass is 326 g/mol. The van der Waals surface area contributed by atoms with Crippen molar-refractivity contribution in [1.82, 2.24) is 5.32 Å². The quantitative estimate of drug-likeness (QED) is 0.823. The van der Waals surface area contributed by atoms with E-state index >= 15 is 0 Å². The van der Waals surface area contributed by atoms with E-state index in [0.29, 0.717) is 6.61 Å². The van der Waals surface area contributed by atoms with Gasteiger partial charge in [-0.1, -0.05) is 43.3 Å². The Morgan fingerprint density at radius 3 is 2.42 bits per heavy atom. The number of hydrogen-bond acceptors (Lipinski definition) is 2. The van der Waals surface area contributed by atoms with Crippen molar-refractivity contribution in [3.8, 4) is 5.75 Å². The zero-order valence-corrected chi connectivity index (χ0v) is 14.8. The van der Waals surface area contributed by atoms with Crippen LogP contribution in [0.5, 0.6) is 5.75 Å². The molecule has 2 aromatic carbocycles. The summed E-state index contributed by atoms with van der Waals surface area (Å²) in [5.74, 6) is 0.892. The maximum Gasteiger partial charge on any atom is 0.319 e. The molecule has 0 saturated heterocycles. The van der Waals surface area contributed by atoms with Crippen LogP contribution in [0.1, 0.15) is 30.5 Å². The summed E-state index contributed by atoms with van der Waals surface area (Å²) in [6.07, 6.45) is 0.877. The molecule has 24 heavy (non-hydrogen) atoms. The van der Waals surface area contributed by atoms with E-state index in [4.69, 9.17) is 4.74 Å². The molecule has 4 heteroatoms. The summed E-state index contributed by atoms with van der Waals surface area (Å²) in [5, 5.41) is 5.82. The number of carbonyl (C=O) groups is 1. The summed E-state index contributed by atoms with van der Waals surface area (Å²) in [7, 11) is 0. The molecular formula is C20H26N2O2. The first kappa shape index (κ1) is 17.9. The fraction of sp³-hybridized carbons (Fsp3) is 0.350. The lowest BCUT2D eigenvalue weighted by Crippen LogP contribution is -2.39. The maximum absolute atomic E-state index is 12.2. The number of urea groups is 1. The van der Waals surface area contributed by atoms with Crippen LogP contribution in [0.3, 0.4) is 0 Å². The van der Waals surface area contributed by atoms with Gasteiger partial charge in [0.2, 0.25) is 0 Å². The molecule has 0 aromatic heterocycles. The Balaban J connectivity index is 1.88. The Morgan fingerprint density at radius 1 is 1.08 bits per heavy atom. The van der Waals surface area contributed by atoms with Crippen molar-refractivity contribution in [1.29, 1.82) is 0 Å². The Labute approximate surface area is 144 Å². The molecule has 0 spiro atoms. The van der Waals surface area contributed by atoms with Gasteiger partial charge >= 0.3 is 6.03 Å². The Morgan fingerprint density at radius 2 is 1.75 bits per heavy atom. The molecule has 0 aliphatic heterocycles. The van der Waals surface area contributed by atoms with Crippen LogP contribution in [0, 0.1) is 13.8 Å². The second kappa shape index (κ2) is 8.39. The minimum absolute atomic E-state index is 0.0993. The van der Waals surface area contributed by atoms with Gasteiger partial charge in [-0.2, -0.15) is 0 Å². The highest BCUT2D eigenvalue weighted by molar-refractivity contribution is 5.90. The highest BCUT2D eigenvalue weighted by atomic mass is 16.5. The number of carbonyl (C=O) groups excluding carboxylic acids is 1. The number of ether oxygens (including phenoxy) is 1. The highest BCUT2D eigenvalue weighted by Gasteiger charge is 2.11. The predicted molar refractivity (Wildman–Crippen MR) is 98.8 cm³/mol. The third kappa shape index (κ3) is 4.75. The van der Waals surface area contributed by atoms with E-state index in [9.17, 15) is 4.79 Å². The highest BCUT2D eigenvalue weighted by Crippen LogP contribution is 2.22. The van der Waals surface area contributed by atoms with E-state index in [1.165, 1.54) is 0 Å². The van der Waals surface area contributed by atoms with Gasteiger partial charge in [0.25, 0.3) is 0 Å². The zero-order chi connectivity index (χ0) is 17.5. The summed E-state index contributed by atoms with van der Waals surface area (Å²) in [5.41, 5.74) is 4.17. The fourth-order valence-corrected chi connectivity index (χ4v) is 2.61. The number of aryl methyl sites for hydroxylation is 3. The van der Waals surface area contributed by atoms with Gasteiger partial charge in [-0.05, 0) is 49.9 Å². The van der Waals surface area contributed by atoms with Crippen LogP contribution in [-0.2, 0) is 6.42 Å². The van der Waals surface area contributed by atoms with Crippen LogP contribution in [0.15, 0.2) is 42.5 Å². The van der Waals surface area contributed by atoms with Crippen LogP contribution in [0.4, 0.5) is 10.5 Å². The number of nitrogens with one attached hydrogen (secondary N) is 2. The summed E-state index contributed by atoms with van der Waals surface area (Å²) in [4.78, 5) is 12.2. The molecule has 2 amide bonds. The first-order valence-corrected chi connectivity index (χ1v) is 8.35. The molecule has 4 nitrogen and oxygen atoms in total. The molecule has 1 unspecified atom stereocenters. The first-order chi connectivity index (χ1) is 11.5. The average molecular weight is 326 g/mol. The number of anilines is 1. The summed E-state index contributed by atoms with van der Waals surface area (Å²) >= 11 is 0. The average Bonchev–Trinajstić information content (AvgIpc) is 2.54. The third-order valence-electron chi connectivity index (χ3n) is 3.91. The van der Waals surface area contributed by atoms with E-state index in [2.05, 4.69) is 17.6 Å². The predicted octanol–water partition coefficient (Wildman–Crippen LogP) is 4.45. The van der Waals surface area contributed by atoms with E-state index in [1.807, 2.05) is 63.2 Å². The molecule has 128 valence electrons. The summed E-state index contributed by atoms with van der Waals surface area (Å²) < 4.78 is 5.88. The largest absolute Gasteiger partial charge is 0.491 e. The van der Waals surface area contributed by atoms with Gasteiger partial charge in [0, 0.05) is 5.69 Å². The van der Waals surface area contributed by atoms with Crippen molar-refractivity contribution in [3.63, 3.8) is 0 Å². The Bertz CT molecular complexity index is 678. The molecule has 0 saturated carbocycles. The molecular weight excluding hydrogens is 300 g/mol. The normalized spacial score (nSPS) is 11.7. The van der Waals surface area contributed by atoms with Crippen molar-refractivity contribution < 1.29 is 9.53 Å². The van der Waals surface area contributed by atoms with Crippen molar-refractivity contribution in [3.05, 3.63) is 59.2 Å². The standard InChI is InChI=1S/C20H26N2O2/c1-5-17-11-6-7-12-18(17)22-20(23)21-16(4)13-24-19-14(2)9-8-10-15(19)3/h6-12,16H,5,13H2,1-4H3,(H2,21,22,23). The molecule has 0 aliphatic rings. The van der Waals surface area contributed by atoms with Crippen molar-refractivity contribution in [2.75, 3.05) is 11.9 Å². The second-order valence-electron chi connectivity index (χ2n) is 6.04. The van der Waals surface area contributed by atoms with Gasteiger partial charge in [-0.25, -0.2) is 4.79 Å². The van der Waals surface area contributed by atoms with E-state index < -0.39 is 0 Å². The smallest absolute Gasteiger partial charge is 0.319 e. The van der Waals surface area contributed by atoms with E-state index in [1.54, 1.807) is 0 Å². The van der Waals surface area contributed by atoms with Gasteiger partial charge in [0.1, 0.15) is 12.4 Å². The maximum atomic E-state index is 12.2. The van der Waals surface area contributed by atoms with Gasteiger partial charge in [-0.15, -0.1) is 0 Å². The molecule has 0 fully saturated rings. The molecule has 0 radical (unpaired) electrons. The van der Waals surface area contributed by atoms with Crippen LogP contribution in [0.2, 0.25) is 0 Å². The number of hydrogen-bond donors (Lipinski definition) is 2. The van der Waals surface area contributed by atoms with Gasteiger partial charge in [-0.3, -0.25) is 0 Å². The summed E-state index contributed by atoms with van der Waals surface area (Å²) in [6, 6.07) is 13.6. The number of para-hydroxylation sites is 2. The fourth-order valence-electron chi connectivity index (χ4n) is 2.61. The number of rotatable bonds is 6. The minimum Gasteiger partial charge on any atom is -0.491 e. The van der Waals surface area contributed by atoms with Crippen LogP contribution < -0.4 is 15.4 Å². The summed E-state index contributed by atoms with van der Waals surface area (Å²) in [6.45, 7) is 8.47.